The number of fused-ring (bicyclic) bond motifs is 3. The molecule has 12 rings (SSSR count). The Morgan fingerprint density at radius 3 is 1.68 bits per heavy atom. The monoisotopic (exact) mass is 1010 g/mol. The summed E-state index contributed by atoms with van der Waals surface area (Å²) in [7, 11) is 0. The molecule has 1 aliphatic rings. The molecule has 11 aromatic rings. The highest BCUT2D eigenvalue weighted by Gasteiger charge is 2.34. The first-order valence-electron chi connectivity index (χ1n) is 30.7. The van der Waals surface area contributed by atoms with Crippen LogP contribution < -0.4 is 14.5 Å². The normalized spacial score (nSPS) is 14.8. The van der Waals surface area contributed by atoms with Crippen LogP contribution in [0.25, 0.3) is 61.3 Å². The van der Waals surface area contributed by atoms with Crippen LogP contribution in [-0.2, 0) is 16.2 Å². The second-order valence-electron chi connectivity index (χ2n) is 21.3. The minimum Gasteiger partial charge on any atom is -0.456 e. The maximum Gasteiger partial charge on any atom is 0.167 e. The fourth-order valence-corrected chi connectivity index (χ4v) is 10.1. The number of rotatable bonds is 12. The van der Waals surface area contributed by atoms with E-state index in [-0.39, 0.29) is 34.6 Å². The number of para-hydroxylation sites is 2. The van der Waals surface area contributed by atoms with Gasteiger partial charge < -0.3 is 14.5 Å². The van der Waals surface area contributed by atoms with Crippen LogP contribution in [-0.4, -0.2) is 31.2 Å². The van der Waals surface area contributed by atoms with Crippen LogP contribution in [0.3, 0.4) is 0 Å². The van der Waals surface area contributed by atoms with Gasteiger partial charge in [0.25, 0.3) is 0 Å². The average Bonchev–Trinajstić information content (AvgIpc) is 1.77. The van der Waals surface area contributed by atoms with Crippen LogP contribution in [0.1, 0.15) is 90.5 Å². The van der Waals surface area contributed by atoms with Gasteiger partial charge >= 0.3 is 0 Å². The van der Waals surface area contributed by atoms with Crippen molar-refractivity contribution >= 4 is 33.2 Å². The van der Waals surface area contributed by atoms with Crippen LogP contribution in [0.4, 0.5) is 11.4 Å². The number of hydrogen-bond donors (Lipinski definition) is 0. The first kappa shape index (κ1) is 38.4. The van der Waals surface area contributed by atoms with Crippen molar-refractivity contribution in [3.8, 4) is 51.0 Å². The number of pyridine rings is 1. The third-order valence-corrected chi connectivity index (χ3v) is 14.5. The molecule has 8 nitrogen and oxygen atoms in total. The van der Waals surface area contributed by atoms with Crippen molar-refractivity contribution in [3.05, 3.63) is 259 Å². The molecule has 0 fully saturated rings. The van der Waals surface area contributed by atoms with Crippen molar-refractivity contribution in [1.29, 1.82) is 0 Å². The van der Waals surface area contributed by atoms with Crippen molar-refractivity contribution in [3.63, 3.8) is 0 Å². The van der Waals surface area contributed by atoms with Crippen LogP contribution >= 0.6 is 0 Å². The van der Waals surface area contributed by atoms with E-state index in [2.05, 4.69) is 102 Å². The molecule has 0 unspecified atom stereocenters. The summed E-state index contributed by atoms with van der Waals surface area (Å²) in [6, 6.07) is 44.4. The first-order chi connectivity index (χ1) is 41.4. The molecule has 0 bridgehead atoms. The smallest absolute Gasteiger partial charge is 0.167 e. The van der Waals surface area contributed by atoms with Crippen LogP contribution in [0.2, 0.25) is 0 Å². The van der Waals surface area contributed by atoms with E-state index >= 15 is 0 Å². The zero-order valence-corrected chi connectivity index (χ0v) is 43.9. The van der Waals surface area contributed by atoms with Crippen LogP contribution in [0.15, 0.2) is 231 Å². The maximum atomic E-state index is 9.11. The number of ether oxygens (including phenoxy) is 1. The van der Waals surface area contributed by atoms with Gasteiger partial charge in [0.15, 0.2) is 5.82 Å². The molecule has 8 heteroatoms. The van der Waals surface area contributed by atoms with Gasteiger partial charge in [0.2, 0.25) is 0 Å². The van der Waals surface area contributed by atoms with E-state index in [4.69, 9.17) is 38.4 Å². The molecule has 0 atom stereocenters. The van der Waals surface area contributed by atoms with Crippen molar-refractivity contribution in [1.82, 2.24) is 24.5 Å². The summed E-state index contributed by atoms with van der Waals surface area (Å²) in [5.74, 6) is 3.20. The van der Waals surface area contributed by atoms with Gasteiger partial charge in [-0.3, -0.25) is 4.57 Å². The predicted octanol–water partition coefficient (Wildman–Crippen LogP) is 16.9. The molecule has 0 spiro atoms. The predicted molar refractivity (Wildman–Crippen MR) is 316 cm³/mol. The van der Waals surface area contributed by atoms with Crippen LogP contribution in [0, 0.1) is 0 Å². The Kier molecular flexibility index (Phi) is 9.74. The molecule has 0 radical (unpaired) electrons. The van der Waals surface area contributed by atoms with Gasteiger partial charge in [-0.2, -0.15) is 0 Å². The van der Waals surface area contributed by atoms with Gasteiger partial charge in [-0.25, -0.2) is 19.9 Å². The third-order valence-electron chi connectivity index (χ3n) is 14.5. The van der Waals surface area contributed by atoms with Gasteiger partial charge in [0.05, 0.1) is 42.7 Å². The summed E-state index contributed by atoms with van der Waals surface area (Å²) in [5, 5.41) is 1.91. The fraction of sp³-hybridized carbons (Fsp3) is 0.159. The first-order valence-corrected chi connectivity index (χ1v) is 25.7. The standard InChI is InChI=1S/C69H61N7O/c1-67(2,3)51-41-52(74-39-40-75(46-74)63-54(47-25-12-8-13-26-47)34-24-35-55(63)48-27-14-9-15-28-48)43-53(42-51)77-61-45-60-57(56-33-20-21-36-59(56)76(60)62-37-22-23-38-70-62)44-58(61)64-71-65(68(4,5)49-29-16-10-17-30-49)73-66(72-64)69(6,7)50-31-18-11-19-32-50/h8-45H,46H2,1-7H3/i8D,9D,12D,13D,14D,15D,25D,26D,27D,28D. The molecule has 0 N–H and O–H groups in total. The largest absolute Gasteiger partial charge is 0.456 e. The summed E-state index contributed by atoms with van der Waals surface area (Å²) in [6.07, 6.45) is 5.38. The lowest BCUT2D eigenvalue weighted by molar-refractivity contribution is 0.479. The SMILES string of the molecule is [2H]c1c([2H])c([2H])c(-c2cccc(-c3c([2H])c([2H])c([2H])c([2H])c3[2H])c2N2C=CN(c3cc(Oc4cc5c(cc4-c4nc(C(C)(C)c6ccccc6)nc(C(C)(C)c6ccccc6)n4)c4ccccc4n5-c4ccccn4)cc(C(C)(C)C)c3)C2)c([2H])c1[2H]. The number of anilines is 2. The lowest BCUT2D eigenvalue weighted by Gasteiger charge is -2.29. The summed E-state index contributed by atoms with van der Waals surface area (Å²) in [6.45, 7) is 14.9. The van der Waals surface area contributed by atoms with Crippen LogP contribution in [0.5, 0.6) is 11.5 Å². The Morgan fingerprint density at radius 2 is 1.08 bits per heavy atom. The van der Waals surface area contributed by atoms with E-state index in [1.807, 2.05) is 96.0 Å². The number of benzene rings is 8. The lowest BCUT2D eigenvalue weighted by atomic mass is 9.82. The number of hydrogen-bond acceptors (Lipinski definition) is 7. The van der Waals surface area contributed by atoms with E-state index in [1.165, 1.54) is 0 Å². The highest BCUT2D eigenvalue weighted by molar-refractivity contribution is 6.11. The molecule has 0 saturated heterocycles. The van der Waals surface area contributed by atoms with Gasteiger partial charge in [-0.1, -0.05) is 184 Å². The third kappa shape index (κ3) is 9.20. The van der Waals surface area contributed by atoms with Gasteiger partial charge in [-0.15, -0.1) is 0 Å². The Hall–Kier alpha value is -9.14. The van der Waals surface area contributed by atoms with Gasteiger partial charge in [0, 0.05) is 69.1 Å². The summed E-state index contributed by atoms with van der Waals surface area (Å²) >= 11 is 0. The van der Waals surface area contributed by atoms with Crippen molar-refractivity contribution in [2.75, 3.05) is 16.5 Å². The Morgan fingerprint density at radius 1 is 0.494 bits per heavy atom. The summed E-state index contributed by atoms with van der Waals surface area (Å²) in [5.41, 5.74) is 4.71. The molecule has 8 aromatic carbocycles. The minimum absolute atomic E-state index is 0.0700. The van der Waals surface area contributed by atoms with Crippen molar-refractivity contribution in [2.24, 2.45) is 0 Å². The van der Waals surface area contributed by atoms with Gasteiger partial charge in [0.1, 0.15) is 29.0 Å². The molecule has 1 aliphatic heterocycles. The Bertz CT molecular complexity index is 4370. The highest BCUT2D eigenvalue weighted by atomic mass is 16.5. The molecule has 77 heavy (non-hydrogen) atoms. The molecule has 4 heterocycles. The molecule has 0 saturated carbocycles. The molecule has 378 valence electrons. The molecular formula is C69H61N7O. The van der Waals surface area contributed by atoms with E-state index < -0.39 is 76.7 Å². The summed E-state index contributed by atoms with van der Waals surface area (Å²) in [4.78, 5) is 24.9. The van der Waals surface area contributed by atoms with Gasteiger partial charge in [-0.05, 0) is 97.3 Å². The molecule has 0 aliphatic carbocycles. The molecular weight excluding hydrogens is 943 g/mol. The lowest BCUT2D eigenvalue weighted by Crippen LogP contribution is -2.29. The second-order valence-corrected chi connectivity index (χ2v) is 21.3. The summed E-state index contributed by atoms with van der Waals surface area (Å²) < 4.78 is 97.4. The minimum atomic E-state index is -0.682. The maximum absolute atomic E-state index is 9.11. The van der Waals surface area contributed by atoms with E-state index in [0.29, 0.717) is 46.0 Å². The van der Waals surface area contributed by atoms with Crippen molar-refractivity contribution < 1.29 is 18.4 Å². The number of nitrogens with zero attached hydrogens (tertiary/aromatic N) is 7. The van der Waals surface area contributed by atoms with E-state index in [0.717, 1.165) is 38.5 Å². The Labute approximate surface area is 465 Å². The Balaban J connectivity index is 1.05. The average molecular weight is 1010 g/mol. The zero-order valence-electron chi connectivity index (χ0n) is 53.9. The van der Waals surface area contributed by atoms with Crippen molar-refractivity contribution in [2.45, 2.75) is 64.7 Å². The number of aromatic nitrogens is 5. The fourth-order valence-electron chi connectivity index (χ4n) is 10.1. The van der Waals surface area contributed by atoms with E-state index in [9.17, 15) is 0 Å². The second kappa shape index (κ2) is 19.5. The zero-order chi connectivity index (χ0) is 61.6. The molecule has 3 aromatic heterocycles. The highest BCUT2D eigenvalue weighted by Crippen LogP contribution is 2.46. The quantitative estimate of drug-likeness (QED) is 0.121. The van der Waals surface area contributed by atoms with E-state index in [1.54, 1.807) is 35.5 Å². The molecule has 0 amide bonds. The topological polar surface area (TPSA) is 72.2 Å².